The maximum absolute atomic E-state index is 12.3. The SMILES string of the molecule is O=C(NCCCn1cc(Cl)cn1)c1cccc(COc2cccc(Br)c2)c1. The molecule has 0 atom stereocenters. The molecule has 1 heterocycles. The van der Waals surface area contributed by atoms with Gasteiger partial charge in [-0.15, -0.1) is 0 Å². The number of rotatable bonds is 8. The molecule has 1 aromatic heterocycles. The van der Waals surface area contributed by atoms with Gasteiger partial charge in [-0.1, -0.05) is 45.7 Å². The van der Waals surface area contributed by atoms with Crippen LogP contribution in [-0.4, -0.2) is 22.2 Å². The smallest absolute Gasteiger partial charge is 0.251 e. The lowest BCUT2D eigenvalue weighted by Gasteiger charge is -2.09. The van der Waals surface area contributed by atoms with E-state index in [2.05, 4.69) is 26.3 Å². The maximum Gasteiger partial charge on any atom is 0.251 e. The van der Waals surface area contributed by atoms with Gasteiger partial charge in [-0.25, -0.2) is 0 Å². The van der Waals surface area contributed by atoms with Crippen molar-refractivity contribution >= 4 is 33.4 Å². The Balaban J connectivity index is 1.47. The normalized spacial score (nSPS) is 10.6. The second-order valence-corrected chi connectivity index (χ2v) is 7.33. The molecule has 140 valence electrons. The summed E-state index contributed by atoms with van der Waals surface area (Å²) in [6, 6.07) is 15.1. The molecule has 0 saturated heterocycles. The minimum absolute atomic E-state index is 0.0993. The van der Waals surface area contributed by atoms with Crippen molar-refractivity contribution in [3.05, 3.63) is 81.5 Å². The standard InChI is InChI=1S/C20H19BrClN3O2/c21-17-6-2-7-19(11-17)27-14-15-4-1-5-16(10-15)20(26)23-8-3-9-25-13-18(22)12-24-25/h1-2,4-7,10-13H,3,8-9,14H2,(H,23,26). The monoisotopic (exact) mass is 447 g/mol. The molecule has 1 amide bonds. The number of carbonyl (C=O) groups excluding carboxylic acids is 1. The molecule has 3 aromatic rings. The molecule has 0 aliphatic rings. The molecule has 0 saturated carbocycles. The summed E-state index contributed by atoms with van der Waals surface area (Å²) in [5.41, 5.74) is 1.56. The zero-order valence-corrected chi connectivity index (χ0v) is 16.9. The molecular weight excluding hydrogens is 430 g/mol. The van der Waals surface area contributed by atoms with Crippen molar-refractivity contribution in [2.75, 3.05) is 6.54 Å². The number of carbonyl (C=O) groups is 1. The predicted octanol–water partition coefficient (Wildman–Crippen LogP) is 4.70. The lowest BCUT2D eigenvalue weighted by Crippen LogP contribution is -2.25. The summed E-state index contributed by atoms with van der Waals surface area (Å²) >= 11 is 9.25. The first-order valence-electron chi connectivity index (χ1n) is 8.53. The molecule has 0 unspecified atom stereocenters. The molecule has 27 heavy (non-hydrogen) atoms. The quantitative estimate of drug-likeness (QED) is 0.508. The van der Waals surface area contributed by atoms with E-state index in [9.17, 15) is 4.79 Å². The summed E-state index contributed by atoms with van der Waals surface area (Å²) in [5.74, 6) is 0.677. The van der Waals surface area contributed by atoms with Gasteiger partial charge in [-0.05, 0) is 42.3 Å². The molecule has 0 aliphatic heterocycles. The number of amides is 1. The average molecular weight is 449 g/mol. The minimum atomic E-state index is -0.0993. The lowest BCUT2D eigenvalue weighted by atomic mass is 10.1. The molecule has 0 fully saturated rings. The molecule has 7 heteroatoms. The zero-order valence-electron chi connectivity index (χ0n) is 14.6. The van der Waals surface area contributed by atoms with Crippen molar-refractivity contribution in [3.63, 3.8) is 0 Å². The van der Waals surface area contributed by atoms with Crippen LogP contribution in [0.4, 0.5) is 0 Å². The zero-order chi connectivity index (χ0) is 19.1. The molecule has 2 aromatic carbocycles. The number of ether oxygens (including phenoxy) is 1. The van der Waals surface area contributed by atoms with Crippen LogP contribution in [0.25, 0.3) is 0 Å². The highest BCUT2D eigenvalue weighted by atomic mass is 79.9. The average Bonchev–Trinajstić information content (AvgIpc) is 3.09. The summed E-state index contributed by atoms with van der Waals surface area (Å²) < 4.78 is 8.50. The number of benzene rings is 2. The number of hydrogen-bond donors (Lipinski definition) is 1. The van der Waals surface area contributed by atoms with E-state index in [0.29, 0.717) is 30.3 Å². The van der Waals surface area contributed by atoms with E-state index in [4.69, 9.17) is 16.3 Å². The molecule has 0 bridgehead atoms. The Morgan fingerprint density at radius 2 is 2.07 bits per heavy atom. The summed E-state index contributed by atoms with van der Waals surface area (Å²) in [4.78, 5) is 12.3. The minimum Gasteiger partial charge on any atom is -0.489 e. The Bertz CT molecular complexity index is 914. The Morgan fingerprint density at radius 3 is 2.85 bits per heavy atom. The molecule has 1 N–H and O–H groups in total. The number of nitrogens with zero attached hydrogens (tertiary/aromatic N) is 2. The Hall–Kier alpha value is -2.31. The summed E-state index contributed by atoms with van der Waals surface area (Å²) in [5, 5.41) is 7.64. The van der Waals surface area contributed by atoms with Crippen molar-refractivity contribution in [2.45, 2.75) is 19.6 Å². The number of nitrogens with one attached hydrogen (secondary N) is 1. The first-order valence-corrected chi connectivity index (χ1v) is 9.71. The van der Waals surface area contributed by atoms with Crippen LogP contribution in [0.2, 0.25) is 5.02 Å². The van der Waals surface area contributed by atoms with E-state index in [-0.39, 0.29) is 5.91 Å². The Morgan fingerprint density at radius 1 is 1.22 bits per heavy atom. The van der Waals surface area contributed by atoms with Gasteiger partial charge in [-0.3, -0.25) is 9.48 Å². The number of aryl methyl sites for hydroxylation is 1. The number of hydrogen-bond acceptors (Lipinski definition) is 3. The third-order valence-corrected chi connectivity index (χ3v) is 4.53. The molecule has 5 nitrogen and oxygen atoms in total. The van der Waals surface area contributed by atoms with Gasteiger partial charge in [0.1, 0.15) is 12.4 Å². The van der Waals surface area contributed by atoms with E-state index in [1.54, 1.807) is 23.1 Å². The first kappa shape index (κ1) is 19.5. The van der Waals surface area contributed by atoms with Gasteiger partial charge < -0.3 is 10.1 Å². The van der Waals surface area contributed by atoms with E-state index >= 15 is 0 Å². The van der Waals surface area contributed by atoms with E-state index in [0.717, 1.165) is 22.2 Å². The third kappa shape index (κ3) is 6.12. The van der Waals surface area contributed by atoms with Crippen molar-refractivity contribution in [1.82, 2.24) is 15.1 Å². The van der Waals surface area contributed by atoms with Gasteiger partial charge in [0.25, 0.3) is 5.91 Å². The van der Waals surface area contributed by atoms with Crippen LogP contribution < -0.4 is 10.1 Å². The maximum atomic E-state index is 12.3. The molecule has 0 radical (unpaired) electrons. The van der Waals surface area contributed by atoms with Gasteiger partial charge in [0.2, 0.25) is 0 Å². The van der Waals surface area contributed by atoms with Crippen molar-refractivity contribution in [2.24, 2.45) is 0 Å². The van der Waals surface area contributed by atoms with Crippen LogP contribution in [-0.2, 0) is 13.2 Å². The van der Waals surface area contributed by atoms with Crippen LogP contribution in [0.1, 0.15) is 22.3 Å². The van der Waals surface area contributed by atoms with E-state index < -0.39 is 0 Å². The first-order chi connectivity index (χ1) is 13.1. The number of halogens is 2. The molecular formula is C20H19BrClN3O2. The fraction of sp³-hybridized carbons (Fsp3) is 0.200. The van der Waals surface area contributed by atoms with E-state index in [1.807, 2.05) is 42.5 Å². The predicted molar refractivity (Wildman–Crippen MR) is 109 cm³/mol. The van der Waals surface area contributed by atoms with Gasteiger partial charge in [0.05, 0.1) is 11.2 Å². The topological polar surface area (TPSA) is 56.2 Å². The number of aromatic nitrogens is 2. The Kier molecular flexibility index (Phi) is 6.90. The molecule has 3 rings (SSSR count). The molecule has 0 aliphatic carbocycles. The highest BCUT2D eigenvalue weighted by Gasteiger charge is 2.06. The fourth-order valence-corrected chi connectivity index (χ4v) is 3.07. The Labute approximate surface area is 171 Å². The van der Waals surface area contributed by atoms with Crippen LogP contribution in [0.5, 0.6) is 5.75 Å². The van der Waals surface area contributed by atoms with Crippen molar-refractivity contribution < 1.29 is 9.53 Å². The summed E-state index contributed by atoms with van der Waals surface area (Å²) in [6.45, 7) is 1.67. The van der Waals surface area contributed by atoms with Crippen LogP contribution in [0, 0.1) is 0 Å². The van der Waals surface area contributed by atoms with Gasteiger partial charge in [-0.2, -0.15) is 5.10 Å². The van der Waals surface area contributed by atoms with Crippen molar-refractivity contribution in [1.29, 1.82) is 0 Å². The van der Waals surface area contributed by atoms with Crippen LogP contribution in [0.15, 0.2) is 65.4 Å². The van der Waals surface area contributed by atoms with Gasteiger partial charge in [0.15, 0.2) is 0 Å². The summed E-state index contributed by atoms with van der Waals surface area (Å²) in [6.07, 6.45) is 4.13. The van der Waals surface area contributed by atoms with Crippen molar-refractivity contribution in [3.8, 4) is 5.75 Å². The second kappa shape index (κ2) is 9.58. The highest BCUT2D eigenvalue weighted by molar-refractivity contribution is 9.10. The van der Waals surface area contributed by atoms with Gasteiger partial charge in [0, 0.05) is 29.3 Å². The molecule has 0 spiro atoms. The van der Waals surface area contributed by atoms with E-state index in [1.165, 1.54) is 0 Å². The summed E-state index contributed by atoms with van der Waals surface area (Å²) in [7, 11) is 0. The largest absolute Gasteiger partial charge is 0.489 e. The van der Waals surface area contributed by atoms with Gasteiger partial charge >= 0.3 is 0 Å². The third-order valence-electron chi connectivity index (χ3n) is 3.84. The second-order valence-electron chi connectivity index (χ2n) is 5.98. The highest BCUT2D eigenvalue weighted by Crippen LogP contribution is 2.19. The van der Waals surface area contributed by atoms with Crippen LogP contribution in [0.3, 0.4) is 0 Å². The lowest BCUT2D eigenvalue weighted by molar-refractivity contribution is 0.0952. The fourth-order valence-electron chi connectivity index (χ4n) is 2.53. The van der Waals surface area contributed by atoms with Crippen LogP contribution >= 0.6 is 27.5 Å².